The second-order valence-corrected chi connectivity index (χ2v) is 5.90. The minimum absolute atomic E-state index is 0.109. The smallest absolute Gasteiger partial charge is 0.373 e. The lowest BCUT2D eigenvalue weighted by atomic mass is 9.62. The second-order valence-electron chi connectivity index (χ2n) is 5.90. The minimum atomic E-state index is -1.23. The van der Waals surface area contributed by atoms with Crippen LogP contribution in [0.25, 0.3) is 0 Å². The number of rotatable bonds is 2. The molecule has 5 heteroatoms. The molecule has 0 N–H and O–H groups in total. The summed E-state index contributed by atoms with van der Waals surface area (Å²) < 4.78 is 9.84. The molecule has 3 rings (SSSR count). The van der Waals surface area contributed by atoms with Gasteiger partial charge < -0.3 is 9.47 Å². The van der Waals surface area contributed by atoms with Gasteiger partial charge in [-0.15, -0.1) is 0 Å². The van der Waals surface area contributed by atoms with Crippen LogP contribution in [0.5, 0.6) is 0 Å². The van der Waals surface area contributed by atoms with Crippen LogP contribution < -0.4 is 0 Å². The molecule has 2 atom stereocenters. The Balaban J connectivity index is 2.14. The third-order valence-corrected chi connectivity index (χ3v) is 4.68. The number of carbonyl (C=O) groups is 3. The average molecular weight is 314 g/mol. The fraction of sp³-hybridized carbons (Fsp3) is 0.389. The number of allylic oxidation sites excluding steroid dienone is 1. The highest BCUT2D eigenvalue weighted by Gasteiger charge is 2.56. The Labute approximate surface area is 134 Å². The molecule has 1 fully saturated rings. The molecule has 23 heavy (non-hydrogen) atoms. The summed E-state index contributed by atoms with van der Waals surface area (Å²) in [5, 5.41) is 0. The van der Waals surface area contributed by atoms with E-state index >= 15 is 0 Å². The first kappa shape index (κ1) is 15.5. The molecule has 2 aliphatic rings. The van der Waals surface area contributed by atoms with Crippen molar-refractivity contribution in [2.24, 2.45) is 5.41 Å². The molecule has 1 aliphatic heterocycles. The molecule has 1 aliphatic carbocycles. The van der Waals surface area contributed by atoms with Crippen molar-refractivity contribution in [2.45, 2.75) is 31.6 Å². The number of Topliss-reactive ketones (excluding diaryl/α,β-unsaturated/α-hetero) is 1. The van der Waals surface area contributed by atoms with Crippen molar-refractivity contribution in [3.8, 4) is 0 Å². The van der Waals surface area contributed by atoms with E-state index in [4.69, 9.17) is 4.74 Å². The molecular weight excluding hydrogens is 296 g/mol. The van der Waals surface area contributed by atoms with Crippen LogP contribution in [0, 0.1) is 5.41 Å². The van der Waals surface area contributed by atoms with Gasteiger partial charge in [0.05, 0.1) is 7.11 Å². The van der Waals surface area contributed by atoms with E-state index in [1.54, 1.807) is 6.08 Å². The van der Waals surface area contributed by atoms with Crippen molar-refractivity contribution in [1.82, 2.24) is 0 Å². The van der Waals surface area contributed by atoms with Gasteiger partial charge in [-0.2, -0.15) is 0 Å². The highest BCUT2D eigenvalue weighted by Crippen LogP contribution is 2.50. The number of carbonyl (C=O) groups excluding carboxylic acids is 3. The van der Waals surface area contributed by atoms with Crippen molar-refractivity contribution >= 4 is 17.7 Å². The maximum atomic E-state index is 12.7. The molecule has 1 spiro atoms. The molecule has 0 saturated heterocycles. The van der Waals surface area contributed by atoms with Crippen LogP contribution in [0.3, 0.4) is 0 Å². The Morgan fingerprint density at radius 2 is 1.96 bits per heavy atom. The molecule has 0 aromatic heterocycles. The molecule has 5 nitrogen and oxygen atoms in total. The molecule has 120 valence electrons. The first-order valence-electron chi connectivity index (χ1n) is 7.70. The zero-order valence-corrected chi connectivity index (χ0v) is 12.9. The summed E-state index contributed by atoms with van der Waals surface area (Å²) in [7, 11) is 1.23. The van der Waals surface area contributed by atoms with E-state index in [-0.39, 0.29) is 11.5 Å². The second kappa shape index (κ2) is 5.99. The number of hydrogen-bond acceptors (Lipinski definition) is 5. The standard InChI is InChI=1S/C18H18O5/c1-22-16(20)14-11-13(12-7-3-2-4-8-12)18(17(21)23-14)10-6-5-9-15(18)19/h2-4,7-8,11,13H,5-6,9-10H2,1H3/t13-,18+/m1/s1. The lowest BCUT2D eigenvalue weighted by Gasteiger charge is -2.41. The number of esters is 2. The van der Waals surface area contributed by atoms with E-state index in [1.807, 2.05) is 30.3 Å². The molecule has 0 radical (unpaired) electrons. The van der Waals surface area contributed by atoms with E-state index in [2.05, 4.69) is 4.74 Å². The van der Waals surface area contributed by atoms with Crippen molar-refractivity contribution in [1.29, 1.82) is 0 Å². The quantitative estimate of drug-likeness (QED) is 0.619. The zero-order chi connectivity index (χ0) is 16.4. The van der Waals surface area contributed by atoms with Gasteiger partial charge in [0.2, 0.25) is 5.76 Å². The summed E-state index contributed by atoms with van der Waals surface area (Å²) >= 11 is 0. The summed E-state index contributed by atoms with van der Waals surface area (Å²) in [6, 6.07) is 9.28. The number of ketones is 1. The monoisotopic (exact) mass is 314 g/mol. The Morgan fingerprint density at radius 1 is 1.22 bits per heavy atom. The van der Waals surface area contributed by atoms with Gasteiger partial charge >= 0.3 is 11.9 Å². The average Bonchev–Trinajstić information content (AvgIpc) is 2.59. The minimum Gasteiger partial charge on any atom is -0.463 e. The largest absolute Gasteiger partial charge is 0.463 e. The number of cyclic esters (lactones) is 1. The highest BCUT2D eigenvalue weighted by molar-refractivity contribution is 6.08. The van der Waals surface area contributed by atoms with Crippen LogP contribution in [-0.4, -0.2) is 24.8 Å². The first-order chi connectivity index (χ1) is 11.1. The summed E-state index contributed by atoms with van der Waals surface area (Å²) in [6.07, 6.45) is 3.93. The SMILES string of the molecule is COC(=O)C1=C[C@H](c2ccccc2)[C@]2(CCCCC2=O)C(=O)O1. The fourth-order valence-corrected chi connectivity index (χ4v) is 3.49. The van der Waals surface area contributed by atoms with Gasteiger partial charge in [-0.05, 0) is 24.5 Å². The number of methoxy groups -OCH3 is 1. The third kappa shape index (κ3) is 2.46. The van der Waals surface area contributed by atoms with Gasteiger partial charge in [0.1, 0.15) is 5.41 Å². The Morgan fingerprint density at radius 3 is 2.61 bits per heavy atom. The van der Waals surface area contributed by atoms with Gasteiger partial charge in [0, 0.05) is 12.3 Å². The van der Waals surface area contributed by atoms with Crippen LogP contribution >= 0.6 is 0 Å². The highest BCUT2D eigenvalue weighted by atomic mass is 16.6. The van der Waals surface area contributed by atoms with Gasteiger partial charge in [-0.25, -0.2) is 4.79 Å². The van der Waals surface area contributed by atoms with Crippen molar-refractivity contribution in [3.63, 3.8) is 0 Å². The summed E-state index contributed by atoms with van der Waals surface area (Å²) in [6.45, 7) is 0. The topological polar surface area (TPSA) is 69.7 Å². The van der Waals surface area contributed by atoms with Gasteiger partial charge in [0.15, 0.2) is 5.78 Å². The molecule has 0 amide bonds. The van der Waals surface area contributed by atoms with Crippen molar-refractivity contribution < 1.29 is 23.9 Å². The van der Waals surface area contributed by atoms with Crippen LogP contribution in [0.2, 0.25) is 0 Å². The summed E-state index contributed by atoms with van der Waals surface area (Å²) in [4.78, 5) is 37.2. The van der Waals surface area contributed by atoms with Gasteiger partial charge in [-0.1, -0.05) is 36.8 Å². The predicted octanol–water partition coefficient (Wildman–Crippen LogP) is 2.51. The Bertz CT molecular complexity index is 676. The summed E-state index contributed by atoms with van der Waals surface area (Å²) in [5.41, 5.74) is -0.405. The molecule has 1 heterocycles. The lowest BCUT2D eigenvalue weighted by molar-refractivity contribution is -0.166. The maximum absolute atomic E-state index is 12.7. The molecule has 1 aromatic rings. The predicted molar refractivity (Wildman–Crippen MR) is 81.3 cm³/mol. The molecule has 1 aromatic carbocycles. The third-order valence-electron chi connectivity index (χ3n) is 4.68. The summed E-state index contributed by atoms with van der Waals surface area (Å²) in [5.74, 6) is -2.11. The van der Waals surface area contributed by atoms with Crippen LogP contribution in [0.15, 0.2) is 42.2 Å². The molecular formula is C18H18O5. The van der Waals surface area contributed by atoms with E-state index in [0.717, 1.165) is 18.4 Å². The van der Waals surface area contributed by atoms with E-state index < -0.39 is 23.3 Å². The normalized spacial score (nSPS) is 27.3. The van der Waals surface area contributed by atoms with E-state index in [1.165, 1.54) is 7.11 Å². The maximum Gasteiger partial charge on any atom is 0.373 e. The van der Waals surface area contributed by atoms with E-state index in [0.29, 0.717) is 12.8 Å². The van der Waals surface area contributed by atoms with Crippen molar-refractivity contribution in [3.05, 3.63) is 47.7 Å². The van der Waals surface area contributed by atoms with Crippen LogP contribution in [0.4, 0.5) is 0 Å². The first-order valence-corrected chi connectivity index (χ1v) is 7.70. The fourth-order valence-electron chi connectivity index (χ4n) is 3.49. The number of benzene rings is 1. The molecule has 0 bridgehead atoms. The zero-order valence-electron chi connectivity index (χ0n) is 12.9. The lowest BCUT2D eigenvalue weighted by Crippen LogP contribution is -2.49. The van der Waals surface area contributed by atoms with E-state index in [9.17, 15) is 14.4 Å². The number of ether oxygens (including phenoxy) is 2. The van der Waals surface area contributed by atoms with Crippen LogP contribution in [-0.2, 0) is 23.9 Å². The van der Waals surface area contributed by atoms with Crippen molar-refractivity contribution in [2.75, 3.05) is 7.11 Å². The van der Waals surface area contributed by atoms with Gasteiger partial charge in [0.25, 0.3) is 0 Å². The molecule has 1 saturated carbocycles. The van der Waals surface area contributed by atoms with Gasteiger partial charge in [-0.3, -0.25) is 9.59 Å². The molecule has 0 unspecified atom stereocenters. The Kier molecular flexibility index (Phi) is 4.03. The van der Waals surface area contributed by atoms with Crippen LogP contribution in [0.1, 0.15) is 37.2 Å². The number of hydrogen-bond donors (Lipinski definition) is 0. The Hall–Kier alpha value is -2.43.